The maximum atomic E-state index is 12.0. The highest BCUT2D eigenvalue weighted by Gasteiger charge is 2.23. The Morgan fingerprint density at radius 3 is 2.12 bits per heavy atom. The van der Waals surface area contributed by atoms with Gasteiger partial charge in [0.15, 0.2) is 0 Å². The second kappa shape index (κ2) is 7.27. The molecular weight excluding hydrogens is 220 g/mol. The first kappa shape index (κ1) is 15.9. The Kier molecular flexibility index (Phi) is 6.80. The Labute approximate surface area is 103 Å². The van der Waals surface area contributed by atoms with E-state index in [0.29, 0.717) is 6.54 Å². The van der Waals surface area contributed by atoms with Gasteiger partial charge >= 0.3 is 5.97 Å². The lowest BCUT2D eigenvalue weighted by atomic mass is 10.0. The molecule has 0 aromatic rings. The van der Waals surface area contributed by atoms with Crippen LogP contribution in [0.15, 0.2) is 0 Å². The quantitative estimate of drug-likeness (QED) is 0.701. The number of rotatable bonds is 7. The van der Waals surface area contributed by atoms with Gasteiger partial charge in [0.05, 0.1) is 6.42 Å². The summed E-state index contributed by atoms with van der Waals surface area (Å²) in [7, 11) is 0. The Morgan fingerprint density at radius 2 is 1.76 bits per heavy atom. The Bertz CT molecular complexity index is 266. The molecule has 5 nitrogen and oxygen atoms in total. The number of aliphatic carboxylic acids is 1. The first-order valence-corrected chi connectivity index (χ1v) is 6.06. The number of carboxylic acid groups (broad SMARTS) is 1. The number of nitrogens with zero attached hydrogens (tertiary/aromatic N) is 1. The van der Waals surface area contributed by atoms with Crippen LogP contribution in [0.1, 0.15) is 40.5 Å². The van der Waals surface area contributed by atoms with E-state index in [4.69, 9.17) is 10.8 Å². The van der Waals surface area contributed by atoms with Crippen molar-refractivity contribution in [1.29, 1.82) is 0 Å². The van der Waals surface area contributed by atoms with Gasteiger partial charge < -0.3 is 15.7 Å². The third-order valence-corrected chi connectivity index (χ3v) is 2.93. The molecule has 0 heterocycles. The topological polar surface area (TPSA) is 83.6 Å². The van der Waals surface area contributed by atoms with Gasteiger partial charge in [-0.15, -0.1) is 0 Å². The van der Waals surface area contributed by atoms with Gasteiger partial charge in [0.1, 0.15) is 0 Å². The summed E-state index contributed by atoms with van der Waals surface area (Å²) in [5.74, 6) is -0.716. The van der Waals surface area contributed by atoms with E-state index < -0.39 is 5.97 Å². The molecule has 0 bridgehead atoms. The second-order valence-corrected chi connectivity index (χ2v) is 4.74. The Hall–Kier alpha value is -1.10. The molecule has 0 rings (SSSR count). The van der Waals surface area contributed by atoms with Crippen LogP contribution in [0.2, 0.25) is 0 Å². The van der Waals surface area contributed by atoms with E-state index >= 15 is 0 Å². The molecule has 0 saturated heterocycles. The zero-order valence-corrected chi connectivity index (χ0v) is 11.1. The van der Waals surface area contributed by atoms with E-state index in [1.165, 1.54) is 0 Å². The first-order chi connectivity index (χ1) is 7.79. The molecule has 3 N–H and O–H groups in total. The summed E-state index contributed by atoms with van der Waals surface area (Å²) in [5.41, 5.74) is 5.85. The fourth-order valence-electron chi connectivity index (χ4n) is 1.65. The molecule has 2 atom stereocenters. The SMILES string of the molecule is CCN(C(=O)CC(N)C(C)C)C(C)CC(=O)O. The summed E-state index contributed by atoms with van der Waals surface area (Å²) in [6.45, 7) is 8.04. The number of carbonyl (C=O) groups is 2. The minimum atomic E-state index is -0.892. The van der Waals surface area contributed by atoms with Gasteiger partial charge in [-0.3, -0.25) is 9.59 Å². The number of amides is 1. The third-order valence-electron chi connectivity index (χ3n) is 2.93. The molecule has 0 radical (unpaired) electrons. The maximum absolute atomic E-state index is 12.0. The zero-order chi connectivity index (χ0) is 13.6. The summed E-state index contributed by atoms with van der Waals surface area (Å²) < 4.78 is 0. The summed E-state index contributed by atoms with van der Waals surface area (Å²) in [5, 5.41) is 8.72. The Balaban J connectivity index is 4.44. The lowest BCUT2D eigenvalue weighted by Gasteiger charge is -2.28. The lowest BCUT2D eigenvalue weighted by molar-refractivity contribution is -0.140. The van der Waals surface area contributed by atoms with Crippen LogP contribution in [-0.4, -0.2) is 40.5 Å². The van der Waals surface area contributed by atoms with Crippen LogP contribution in [0.5, 0.6) is 0 Å². The maximum Gasteiger partial charge on any atom is 0.305 e. The van der Waals surface area contributed by atoms with Gasteiger partial charge in [0.25, 0.3) is 0 Å². The molecule has 0 aromatic heterocycles. The van der Waals surface area contributed by atoms with Crippen molar-refractivity contribution in [2.75, 3.05) is 6.54 Å². The van der Waals surface area contributed by atoms with E-state index in [1.807, 2.05) is 20.8 Å². The predicted molar refractivity (Wildman–Crippen MR) is 66.5 cm³/mol. The highest BCUT2D eigenvalue weighted by molar-refractivity contribution is 5.78. The average molecular weight is 244 g/mol. The van der Waals surface area contributed by atoms with Gasteiger partial charge in [-0.2, -0.15) is 0 Å². The molecule has 0 fully saturated rings. The smallest absolute Gasteiger partial charge is 0.305 e. The minimum Gasteiger partial charge on any atom is -0.481 e. The molecule has 0 saturated carbocycles. The molecule has 17 heavy (non-hydrogen) atoms. The van der Waals surface area contributed by atoms with Crippen LogP contribution >= 0.6 is 0 Å². The molecule has 0 aliphatic heterocycles. The normalized spacial score (nSPS) is 14.5. The standard InChI is InChI=1S/C12H24N2O3/c1-5-14(9(4)6-12(16)17)11(15)7-10(13)8(2)3/h8-10H,5-7,13H2,1-4H3,(H,16,17). The van der Waals surface area contributed by atoms with Crippen LogP contribution in [0.4, 0.5) is 0 Å². The number of hydrogen-bond donors (Lipinski definition) is 2. The summed E-state index contributed by atoms with van der Waals surface area (Å²) in [6.07, 6.45) is 0.242. The van der Waals surface area contributed by atoms with Crippen LogP contribution in [0.25, 0.3) is 0 Å². The van der Waals surface area contributed by atoms with Crippen molar-refractivity contribution in [3.8, 4) is 0 Å². The van der Waals surface area contributed by atoms with Gasteiger partial charge in [0, 0.05) is 25.0 Å². The lowest BCUT2D eigenvalue weighted by Crippen LogP contribution is -2.43. The van der Waals surface area contributed by atoms with E-state index in [9.17, 15) is 9.59 Å². The first-order valence-electron chi connectivity index (χ1n) is 6.06. The van der Waals surface area contributed by atoms with E-state index in [-0.39, 0.29) is 36.8 Å². The summed E-state index contributed by atoms with van der Waals surface area (Å²) >= 11 is 0. The van der Waals surface area contributed by atoms with Gasteiger partial charge in [-0.1, -0.05) is 13.8 Å². The minimum absolute atomic E-state index is 0.0313. The number of hydrogen-bond acceptors (Lipinski definition) is 3. The molecule has 0 aliphatic carbocycles. The van der Waals surface area contributed by atoms with Gasteiger partial charge in [-0.25, -0.2) is 0 Å². The molecule has 2 unspecified atom stereocenters. The molecule has 0 spiro atoms. The largest absolute Gasteiger partial charge is 0.481 e. The molecule has 5 heteroatoms. The summed E-state index contributed by atoms with van der Waals surface area (Å²) in [6, 6.07) is -0.460. The van der Waals surface area contributed by atoms with Crippen molar-refractivity contribution >= 4 is 11.9 Å². The number of carbonyl (C=O) groups excluding carboxylic acids is 1. The van der Waals surface area contributed by atoms with Crippen LogP contribution < -0.4 is 5.73 Å². The van der Waals surface area contributed by atoms with E-state index in [0.717, 1.165) is 0 Å². The number of nitrogens with two attached hydrogens (primary N) is 1. The fourth-order valence-corrected chi connectivity index (χ4v) is 1.65. The molecule has 1 amide bonds. The molecular formula is C12H24N2O3. The van der Waals surface area contributed by atoms with Crippen molar-refractivity contribution < 1.29 is 14.7 Å². The predicted octanol–water partition coefficient (Wildman–Crippen LogP) is 1.07. The highest BCUT2D eigenvalue weighted by Crippen LogP contribution is 2.10. The van der Waals surface area contributed by atoms with Crippen molar-refractivity contribution in [3.63, 3.8) is 0 Å². The average Bonchev–Trinajstić information content (AvgIpc) is 2.16. The molecule has 100 valence electrons. The van der Waals surface area contributed by atoms with Crippen LogP contribution in [0.3, 0.4) is 0 Å². The Morgan fingerprint density at radius 1 is 1.24 bits per heavy atom. The summed E-state index contributed by atoms with van der Waals surface area (Å²) in [4.78, 5) is 24.2. The fraction of sp³-hybridized carbons (Fsp3) is 0.833. The zero-order valence-electron chi connectivity index (χ0n) is 11.1. The van der Waals surface area contributed by atoms with Crippen LogP contribution in [-0.2, 0) is 9.59 Å². The third kappa shape index (κ3) is 5.68. The van der Waals surface area contributed by atoms with Crippen molar-refractivity contribution in [2.45, 2.75) is 52.6 Å². The molecule has 0 aliphatic rings. The van der Waals surface area contributed by atoms with Gasteiger partial charge in [0.2, 0.25) is 5.91 Å². The second-order valence-electron chi connectivity index (χ2n) is 4.74. The number of carboxylic acids is 1. The van der Waals surface area contributed by atoms with Crippen LogP contribution in [0, 0.1) is 5.92 Å². The van der Waals surface area contributed by atoms with Crippen molar-refractivity contribution in [2.24, 2.45) is 11.7 Å². The highest BCUT2D eigenvalue weighted by atomic mass is 16.4. The monoisotopic (exact) mass is 244 g/mol. The molecule has 0 aromatic carbocycles. The van der Waals surface area contributed by atoms with E-state index in [2.05, 4.69) is 0 Å². The van der Waals surface area contributed by atoms with Gasteiger partial charge in [-0.05, 0) is 19.8 Å². The van der Waals surface area contributed by atoms with E-state index in [1.54, 1.807) is 11.8 Å². The van der Waals surface area contributed by atoms with Crippen molar-refractivity contribution in [1.82, 2.24) is 4.90 Å². The van der Waals surface area contributed by atoms with Crippen molar-refractivity contribution in [3.05, 3.63) is 0 Å².